The van der Waals surface area contributed by atoms with Gasteiger partial charge in [0.1, 0.15) is 11.6 Å². The number of aromatic hydroxyl groups is 1. The molecule has 0 aliphatic rings. The SMILES string of the molecule is [2H]C([2H])([2H])c1cc(-n2c(-c3cc(C(C)(C)C)cc(C(C)(C)C)c3O)nc3c(-c4cc(-c5cc(-c6ccc(C(C)(C)C)cc6)ccn5)cc(C(C)(C)C)c4)cccc32)c(-c2ccc(C(C)(C)C)cc2)cc1-c1ccccc1. The molecule has 4 heteroatoms. The van der Waals surface area contributed by atoms with Crippen molar-refractivity contribution >= 4 is 11.0 Å². The topological polar surface area (TPSA) is 50.9 Å². The Labute approximate surface area is 440 Å². The summed E-state index contributed by atoms with van der Waals surface area (Å²) < 4.78 is 29.5. The van der Waals surface area contributed by atoms with E-state index in [0.717, 1.165) is 72.4 Å². The lowest BCUT2D eigenvalue weighted by atomic mass is 9.79. The summed E-state index contributed by atoms with van der Waals surface area (Å²) in [4.78, 5) is 10.7. The van der Waals surface area contributed by atoms with Gasteiger partial charge in [0.25, 0.3) is 0 Å². The molecule has 0 radical (unpaired) electrons. The molecule has 1 N–H and O–H groups in total. The molecule has 4 nitrogen and oxygen atoms in total. The van der Waals surface area contributed by atoms with Crippen LogP contribution in [0.4, 0.5) is 0 Å². The van der Waals surface area contributed by atoms with E-state index < -0.39 is 12.3 Å². The number of nitrogens with zero attached hydrogens (tertiary/aromatic N) is 3. The van der Waals surface area contributed by atoms with Gasteiger partial charge in [-0.05, 0) is 144 Å². The highest BCUT2D eigenvalue weighted by Gasteiger charge is 2.30. The van der Waals surface area contributed by atoms with Crippen LogP contribution in [0.25, 0.3) is 83.9 Å². The van der Waals surface area contributed by atoms with Crippen molar-refractivity contribution in [3.8, 4) is 78.6 Å². The zero-order valence-electron chi connectivity index (χ0n) is 48.8. The van der Waals surface area contributed by atoms with Gasteiger partial charge in [-0.2, -0.15) is 0 Å². The number of para-hydroxylation sites is 1. The standard InChI is InChI=1S/C69H75N3O/c1-43-35-61(56(42-55(43)45-21-18-17-19-22-45)46-27-31-51(32-28-46)66(5,6)7)72-60-24-20-23-54(62(60)71-64(72)57-40-53(68(11,12)13)41-58(63(57)73)69(14,15)16)48-36-49(38-52(37-48)67(8,9)10)59-39-47(33-34-70-59)44-25-29-50(30-26-44)65(2,3)4/h17-42,73H,1-16H3/i1D3. The lowest BCUT2D eigenvalue weighted by molar-refractivity contribution is 0.446. The van der Waals surface area contributed by atoms with Gasteiger partial charge in [0.15, 0.2) is 0 Å². The molecule has 0 saturated carbocycles. The number of rotatable bonds is 7. The Hall–Kier alpha value is -7.04. The first kappa shape index (κ1) is 47.0. The van der Waals surface area contributed by atoms with E-state index in [9.17, 15) is 5.11 Å². The molecule has 2 aromatic heterocycles. The predicted octanol–water partition coefficient (Wildman–Crippen LogP) is 18.9. The summed E-state index contributed by atoms with van der Waals surface area (Å²) >= 11 is 0. The third kappa shape index (κ3) is 10.2. The maximum atomic E-state index is 12.8. The van der Waals surface area contributed by atoms with Gasteiger partial charge in [-0.3, -0.25) is 9.55 Å². The number of aromatic nitrogens is 3. The lowest BCUT2D eigenvalue weighted by Crippen LogP contribution is -2.17. The molecule has 2 heterocycles. The molecule has 7 aromatic carbocycles. The number of phenols is 1. The van der Waals surface area contributed by atoms with E-state index in [1.807, 2.05) is 48.7 Å². The molecule has 0 bridgehead atoms. The van der Waals surface area contributed by atoms with E-state index in [1.54, 1.807) is 0 Å². The average Bonchev–Trinajstić information content (AvgIpc) is 3.74. The molecule has 0 fully saturated rings. The molecule has 0 aliphatic carbocycles. The summed E-state index contributed by atoms with van der Waals surface area (Å²) in [6.45, 7) is 30.5. The van der Waals surface area contributed by atoms with Crippen LogP contribution < -0.4 is 0 Å². The van der Waals surface area contributed by atoms with Crippen molar-refractivity contribution in [2.45, 2.75) is 138 Å². The van der Waals surface area contributed by atoms with E-state index >= 15 is 0 Å². The van der Waals surface area contributed by atoms with Crippen LogP contribution in [0.15, 0.2) is 158 Å². The molecule has 0 atom stereocenters. The van der Waals surface area contributed by atoms with E-state index in [-0.39, 0.29) is 33.0 Å². The summed E-state index contributed by atoms with van der Waals surface area (Å²) in [5.74, 6) is 0.648. The van der Waals surface area contributed by atoms with Crippen molar-refractivity contribution < 1.29 is 9.22 Å². The monoisotopic (exact) mass is 965 g/mol. The van der Waals surface area contributed by atoms with E-state index in [0.29, 0.717) is 28.2 Å². The van der Waals surface area contributed by atoms with Gasteiger partial charge in [-0.1, -0.05) is 207 Å². The summed E-state index contributed by atoms with van der Waals surface area (Å²) in [7, 11) is 0. The fourth-order valence-corrected chi connectivity index (χ4v) is 9.87. The average molecular weight is 965 g/mol. The summed E-state index contributed by atoms with van der Waals surface area (Å²) in [5, 5.41) is 12.8. The van der Waals surface area contributed by atoms with Crippen LogP contribution in [-0.4, -0.2) is 19.6 Å². The van der Waals surface area contributed by atoms with Gasteiger partial charge >= 0.3 is 0 Å². The highest BCUT2D eigenvalue weighted by atomic mass is 16.3. The quantitative estimate of drug-likeness (QED) is 0.173. The highest BCUT2D eigenvalue weighted by Crippen LogP contribution is 2.47. The second kappa shape index (κ2) is 18.5. The molecule has 0 unspecified atom stereocenters. The lowest BCUT2D eigenvalue weighted by Gasteiger charge is -2.28. The Bertz CT molecular complexity index is 3620. The minimum absolute atomic E-state index is 0.0474. The molecular formula is C69H75N3O. The predicted molar refractivity (Wildman–Crippen MR) is 311 cm³/mol. The van der Waals surface area contributed by atoms with Crippen LogP contribution in [0, 0.1) is 6.85 Å². The van der Waals surface area contributed by atoms with E-state index in [2.05, 4.69) is 218 Å². The number of phenolic OH excluding ortho intramolecular Hbond substituents is 1. The number of pyridine rings is 1. The summed E-state index contributed by atoms with van der Waals surface area (Å²) in [6, 6.07) is 52.6. The van der Waals surface area contributed by atoms with Crippen molar-refractivity contribution in [2.24, 2.45) is 0 Å². The van der Waals surface area contributed by atoms with Gasteiger partial charge in [0.05, 0.1) is 28.0 Å². The molecule has 0 spiro atoms. The van der Waals surface area contributed by atoms with Crippen LogP contribution in [0.2, 0.25) is 0 Å². The smallest absolute Gasteiger partial charge is 0.149 e. The third-order valence-electron chi connectivity index (χ3n) is 14.5. The van der Waals surface area contributed by atoms with Crippen molar-refractivity contribution in [2.75, 3.05) is 0 Å². The normalized spacial score (nSPS) is 13.5. The number of benzene rings is 7. The van der Waals surface area contributed by atoms with Crippen LogP contribution >= 0.6 is 0 Å². The molecule has 0 aliphatic heterocycles. The Balaban J connectivity index is 1.39. The third-order valence-corrected chi connectivity index (χ3v) is 14.5. The number of aryl methyl sites for hydroxylation is 1. The first-order valence-corrected chi connectivity index (χ1v) is 25.9. The summed E-state index contributed by atoms with van der Waals surface area (Å²) in [5.41, 5.74) is 16.5. The van der Waals surface area contributed by atoms with Gasteiger partial charge < -0.3 is 5.11 Å². The molecule has 372 valence electrons. The van der Waals surface area contributed by atoms with Gasteiger partial charge in [0, 0.05) is 32.6 Å². The van der Waals surface area contributed by atoms with Crippen LogP contribution in [0.3, 0.4) is 0 Å². The molecular weight excluding hydrogens is 887 g/mol. The molecule has 9 rings (SSSR count). The van der Waals surface area contributed by atoms with E-state index in [1.165, 1.54) is 11.1 Å². The van der Waals surface area contributed by atoms with Crippen LogP contribution in [0.5, 0.6) is 5.75 Å². The Morgan fingerprint density at radius 2 is 1.00 bits per heavy atom. The minimum Gasteiger partial charge on any atom is -0.507 e. The van der Waals surface area contributed by atoms with Crippen LogP contribution in [-0.2, 0) is 27.1 Å². The minimum atomic E-state index is -2.49. The Kier molecular flexibility index (Phi) is 11.9. The first-order valence-electron chi connectivity index (χ1n) is 27.4. The molecule has 9 aromatic rings. The number of imidazole rings is 1. The Morgan fingerprint density at radius 3 is 1.59 bits per heavy atom. The number of hydrogen-bond donors (Lipinski definition) is 1. The molecule has 0 saturated heterocycles. The van der Waals surface area contributed by atoms with Crippen molar-refractivity contribution in [3.05, 3.63) is 191 Å². The van der Waals surface area contributed by atoms with Gasteiger partial charge in [0.2, 0.25) is 0 Å². The zero-order valence-corrected chi connectivity index (χ0v) is 45.8. The zero-order chi connectivity index (χ0) is 55.1. The van der Waals surface area contributed by atoms with Crippen molar-refractivity contribution in [3.63, 3.8) is 0 Å². The fraction of sp³-hybridized carbons (Fsp3) is 0.304. The second-order valence-corrected chi connectivity index (χ2v) is 25.3. The van der Waals surface area contributed by atoms with Crippen molar-refractivity contribution in [1.29, 1.82) is 0 Å². The number of hydrogen-bond acceptors (Lipinski definition) is 3. The largest absolute Gasteiger partial charge is 0.507 e. The summed E-state index contributed by atoms with van der Waals surface area (Å²) in [6.07, 6.45) is 1.90. The molecule has 0 amide bonds. The van der Waals surface area contributed by atoms with Crippen LogP contribution in [0.1, 0.15) is 141 Å². The maximum Gasteiger partial charge on any atom is 0.149 e. The van der Waals surface area contributed by atoms with E-state index in [4.69, 9.17) is 14.1 Å². The highest BCUT2D eigenvalue weighted by molar-refractivity contribution is 5.98. The van der Waals surface area contributed by atoms with Gasteiger partial charge in [-0.25, -0.2) is 4.98 Å². The Morgan fingerprint density at radius 1 is 0.425 bits per heavy atom. The molecule has 73 heavy (non-hydrogen) atoms. The maximum absolute atomic E-state index is 12.8. The van der Waals surface area contributed by atoms with Crippen molar-refractivity contribution in [1.82, 2.24) is 14.5 Å². The fourth-order valence-electron chi connectivity index (χ4n) is 9.87. The number of fused-ring (bicyclic) bond motifs is 1. The first-order chi connectivity index (χ1) is 35.4. The second-order valence-electron chi connectivity index (χ2n) is 25.3. The van der Waals surface area contributed by atoms with Gasteiger partial charge in [-0.15, -0.1) is 0 Å².